The summed E-state index contributed by atoms with van der Waals surface area (Å²) in [6.45, 7) is 1.16. The van der Waals surface area contributed by atoms with Gasteiger partial charge >= 0.3 is 0 Å². The smallest absolute Gasteiger partial charge is 0.265 e. The third-order valence-electron chi connectivity index (χ3n) is 3.63. The molecule has 4 nitrogen and oxygen atoms in total. The van der Waals surface area contributed by atoms with Crippen molar-refractivity contribution < 1.29 is 9.63 Å². The SMILES string of the molecule is O=C(NOCc1ccccc1)C1NCCc2ccccc21. The Bertz CT molecular complexity index is 613. The van der Waals surface area contributed by atoms with E-state index in [9.17, 15) is 4.79 Å². The van der Waals surface area contributed by atoms with Crippen LogP contribution < -0.4 is 10.8 Å². The molecule has 0 aromatic heterocycles. The molecule has 0 saturated carbocycles. The molecule has 0 radical (unpaired) electrons. The number of hydrogen-bond acceptors (Lipinski definition) is 3. The van der Waals surface area contributed by atoms with Crippen LogP contribution in [0.4, 0.5) is 0 Å². The van der Waals surface area contributed by atoms with Crippen LogP contribution in [0.15, 0.2) is 54.6 Å². The summed E-state index contributed by atoms with van der Waals surface area (Å²) in [6, 6.07) is 17.4. The molecule has 0 fully saturated rings. The molecule has 1 atom stereocenters. The van der Waals surface area contributed by atoms with Crippen molar-refractivity contribution >= 4 is 5.91 Å². The summed E-state index contributed by atoms with van der Waals surface area (Å²) in [5.74, 6) is -0.155. The van der Waals surface area contributed by atoms with E-state index in [4.69, 9.17) is 4.84 Å². The Hall–Kier alpha value is -2.17. The second-order valence-corrected chi connectivity index (χ2v) is 5.08. The molecule has 21 heavy (non-hydrogen) atoms. The molecule has 3 rings (SSSR count). The van der Waals surface area contributed by atoms with Gasteiger partial charge in [-0.25, -0.2) is 5.48 Å². The minimum atomic E-state index is -0.342. The number of nitrogens with one attached hydrogen (secondary N) is 2. The lowest BCUT2D eigenvalue weighted by molar-refractivity contribution is -0.137. The Morgan fingerprint density at radius 2 is 1.90 bits per heavy atom. The van der Waals surface area contributed by atoms with E-state index >= 15 is 0 Å². The fourth-order valence-corrected chi connectivity index (χ4v) is 2.56. The Balaban J connectivity index is 1.59. The average molecular weight is 282 g/mol. The molecule has 0 bridgehead atoms. The van der Waals surface area contributed by atoms with Crippen LogP contribution in [0.1, 0.15) is 22.7 Å². The zero-order valence-electron chi connectivity index (χ0n) is 11.7. The van der Waals surface area contributed by atoms with E-state index in [0.717, 1.165) is 24.1 Å². The maximum atomic E-state index is 12.3. The molecule has 1 aliphatic heterocycles. The molecular formula is C17H18N2O2. The number of fused-ring (bicyclic) bond motifs is 1. The normalized spacial score (nSPS) is 17.0. The highest BCUT2D eigenvalue weighted by Crippen LogP contribution is 2.22. The summed E-state index contributed by atoms with van der Waals surface area (Å²) in [6.07, 6.45) is 0.949. The first-order valence-electron chi connectivity index (χ1n) is 7.11. The van der Waals surface area contributed by atoms with Crippen LogP contribution in [-0.2, 0) is 22.7 Å². The molecule has 2 N–H and O–H groups in total. The van der Waals surface area contributed by atoms with E-state index in [1.54, 1.807) is 0 Å². The first-order chi connectivity index (χ1) is 10.3. The van der Waals surface area contributed by atoms with Gasteiger partial charge in [0.15, 0.2) is 0 Å². The number of hydroxylamine groups is 1. The summed E-state index contributed by atoms with van der Waals surface area (Å²) in [5.41, 5.74) is 5.82. The van der Waals surface area contributed by atoms with Gasteiger partial charge in [0.25, 0.3) is 5.91 Å². The first kappa shape index (κ1) is 13.8. The average Bonchev–Trinajstić information content (AvgIpc) is 2.55. The van der Waals surface area contributed by atoms with Crippen LogP contribution in [0.25, 0.3) is 0 Å². The van der Waals surface area contributed by atoms with Crippen molar-refractivity contribution in [2.45, 2.75) is 19.1 Å². The van der Waals surface area contributed by atoms with Crippen molar-refractivity contribution in [2.75, 3.05) is 6.54 Å². The third kappa shape index (κ3) is 3.29. The van der Waals surface area contributed by atoms with Crippen molar-refractivity contribution in [2.24, 2.45) is 0 Å². The van der Waals surface area contributed by atoms with Crippen LogP contribution in [0.5, 0.6) is 0 Å². The minimum Gasteiger partial charge on any atom is -0.302 e. The highest BCUT2D eigenvalue weighted by molar-refractivity contribution is 5.83. The van der Waals surface area contributed by atoms with Gasteiger partial charge < -0.3 is 5.32 Å². The molecular weight excluding hydrogens is 264 g/mol. The molecule has 0 spiro atoms. The maximum absolute atomic E-state index is 12.3. The Kier molecular flexibility index (Phi) is 4.28. The van der Waals surface area contributed by atoms with E-state index in [-0.39, 0.29) is 11.9 Å². The van der Waals surface area contributed by atoms with Gasteiger partial charge in [-0.2, -0.15) is 0 Å². The summed E-state index contributed by atoms with van der Waals surface area (Å²) in [7, 11) is 0. The summed E-state index contributed by atoms with van der Waals surface area (Å²) in [5, 5.41) is 3.23. The van der Waals surface area contributed by atoms with Crippen molar-refractivity contribution in [3.8, 4) is 0 Å². The maximum Gasteiger partial charge on any atom is 0.265 e. The van der Waals surface area contributed by atoms with Gasteiger partial charge in [0.1, 0.15) is 6.04 Å². The standard InChI is InChI=1S/C17H18N2O2/c20-17(19-21-12-13-6-2-1-3-7-13)16-15-9-5-4-8-14(15)10-11-18-16/h1-9,16,18H,10-12H2,(H,19,20). The fourth-order valence-electron chi connectivity index (χ4n) is 2.56. The molecule has 1 unspecified atom stereocenters. The molecule has 1 heterocycles. The topological polar surface area (TPSA) is 50.4 Å². The van der Waals surface area contributed by atoms with Gasteiger partial charge in [-0.3, -0.25) is 9.63 Å². The monoisotopic (exact) mass is 282 g/mol. The number of benzene rings is 2. The van der Waals surface area contributed by atoms with Crippen LogP contribution in [0.2, 0.25) is 0 Å². The lowest BCUT2D eigenvalue weighted by Crippen LogP contribution is -2.41. The molecule has 1 aliphatic rings. The molecule has 0 aliphatic carbocycles. The van der Waals surface area contributed by atoms with Crippen molar-refractivity contribution in [3.05, 3.63) is 71.3 Å². The molecule has 108 valence electrons. The van der Waals surface area contributed by atoms with Crippen molar-refractivity contribution in [1.82, 2.24) is 10.8 Å². The molecule has 2 aromatic rings. The quantitative estimate of drug-likeness (QED) is 0.845. The number of rotatable bonds is 4. The van der Waals surface area contributed by atoms with Crippen LogP contribution >= 0.6 is 0 Å². The van der Waals surface area contributed by atoms with E-state index < -0.39 is 0 Å². The van der Waals surface area contributed by atoms with Crippen LogP contribution in [-0.4, -0.2) is 12.5 Å². The van der Waals surface area contributed by atoms with Gasteiger partial charge in [0.05, 0.1) is 6.61 Å². The number of carbonyl (C=O) groups is 1. The zero-order valence-corrected chi connectivity index (χ0v) is 11.7. The van der Waals surface area contributed by atoms with E-state index in [1.807, 2.05) is 48.5 Å². The Labute approximate surface area is 124 Å². The Morgan fingerprint density at radius 3 is 2.76 bits per heavy atom. The number of amides is 1. The van der Waals surface area contributed by atoms with Gasteiger partial charge in [0, 0.05) is 6.54 Å². The molecule has 0 saturated heterocycles. The van der Waals surface area contributed by atoms with Gasteiger partial charge in [-0.05, 0) is 23.1 Å². The summed E-state index contributed by atoms with van der Waals surface area (Å²) < 4.78 is 0. The lowest BCUT2D eigenvalue weighted by atomic mass is 9.94. The van der Waals surface area contributed by atoms with Crippen molar-refractivity contribution in [3.63, 3.8) is 0 Å². The Morgan fingerprint density at radius 1 is 1.14 bits per heavy atom. The number of carbonyl (C=O) groups excluding carboxylic acids is 1. The van der Waals surface area contributed by atoms with Crippen LogP contribution in [0.3, 0.4) is 0 Å². The summed E-state index contributed by atoms with van der Waals surface area (Å²) >= 11 is 0. The second-order valence-electron chi connectivity index (χ2n) is 5.08. The molecule has 2 aromatic carbocycles. The van der Waals surface area contributed by atoms with Gasteiger partial charge in [0.2, 0.25) is 0 Å². The minimum absolute atomic E-state index is 0.155. The number of hydrogen-bond donors (Lipinski definition) is 2. The lowest BCUT2D eigenvalue weighted by Gasteiger charge is -2.25. The third-order valence-corrected chi connectivity index (χ3v) is 3.63. The fraction of sp³-hybridized carbons (Fsp3) is 0.235. The van der Waals surface area contributed by atoms with E-state index in [2.05, 4.69) is 16.9 Å². The van der Waals surface area contributed by atoms with E-state index in [0.29, 0.717) is 6.61 Å². The summed E-state index contributed by atoms with van der Waals surface area (Å²) in [4.78, 5) is 17.6. The van der Waals surface area contributed by atoms with Crippen molar-refractivity contribution in [1.29, 1.82) is 0 Å². The predicted octanol–water partition coefficient (Wildman–Crippen LogP) is 2.12. The highest BCUT2D eigenvalue weighted by Gasteiger charge is 2.25. The molecule has 1 amide bonds. The van der Waals surface area contributed by atoms with E-state index in [1.165, 1.54) is 5.56 Å². The van der Waals surface area contributed by atoms with Crippen LogP contribution in [0, 0.1) is 0 Å². The first-order valence-corrected chi connectivity index (χ1v) is 7.11. The largest absolute Gasteiger partial charge is 0.302 e. The van der Waals surface area contributed by atoms with Gasteiger partial charge in [-0.1, -0.05) is 54.6 Å². The highest BCUT2D eigenvalue weighted by atomic mass is 16.6. The van der Waals surface area contributed by atoms with Gasteiger partial charge in [-0.15, -0.1) is 0 Å². The second kappa shape index (κ2) is 6.52. The molecule has 4 heteroatoms. The predicted molar refractivity (Wildman–Crippen MR) is 80.3 cm³/mol. The zero-order chi connectivity index (χ0) is 14.5.